The van der Waals surface area contributed by atoms with Crippen molar-refractivity contribution in [2.75, 3.05) is 16.2 Å². The molecule has 4 rings (SSSR count). The molecule has 0 atom stereocenters. The monoisotopic (exact) mass is 462 g/mol. The number of aryl methyl sites for hydroxylation is 2. The van der Waals surface area contributed by atoms with Crippen LogP contribution in [0.25, 0.3) is 0 Å². The predicted molar refractivity (Wildman–Crippen MR) is 114 cm³/mol. The molecule has 11 heteroatoms. The summed E-state index contributed by atoms with van der Waals surface area (Å²) >= 11 is 6.10. The molecule has 0 unspecified atom stereocenters. The number of amides is 1. The number of hydrogen-bond acceptors (Lipinski definition) is 7. The minimum absolute atomic E-state index is 0.0373. The van der Waals surface area contributed by atoms with E-state index in [0.717, 1.165) is 0 Å². The van der Waals surface area contributed by atoms with Crippen molar-refractivity contribution < 1.29 is 22.5 Å². The van der Waals surface area contributed by atoms with Crippen LogP contribution in [0.4, 0.5) is 11.4 Å². The molecule has 0 aliphatic carbocycles. The van der Waals surface area contributed by atoms with Crippen LogP contribution in [-0.2, 0) is 21.4 Å². The third-order valence-corrected chi connectivity index (χ3v) is 6.79. The number of benzene rings is 2. The third kappa shape index (κ3) is 4.08. The van der Waals surface area contributed by atoms with Crippen LogP contribution in [-0.4, -0.2) is 31.1 Å². The van der Waals surface area contributed by atoms with E-state index in [2.05, 4.69) is 14.9 Å². The van der Waals surface area contributed by atoms with Gasteiger partial charge in [0.1, 0.15) is 5.75 Å². The maximum Gasteiger partial charge on any atom is 0.265 e. The van der Waals surface area contributed by atoms with Crippen molar-refractivity contribution in [2.45, 2.75) is 32.2 Å². The van der Waals surface area contributed by atoms with Gasteiger partial charge in [0.15, 0.2) is 12.4 Å². The second-order valence-corrected chi connectivity index (χ2v) is 9.16. The van der Waals surface area contributed by atoms with Crippen LogP contribution in [0.3, 0.4) is 0 Å². The molecule has 1 aliphatic heterocycles. The van der Waals surface area contributed by atoms with Gasteiger partial charge in [-0.2, -0.15) is 4.98 Å². The molecule has 9 nitrogen and oxygen atoms in total. The molecule has 1 aromatic heterocycles. The van der Waals surface area contributed by atoms with Crippen LogP contribution in [0.1, 0.15) is 22.8 Å². The summed E-state index contributed by atoms with van der Waals surface area (Å²) in [5.41, 5.74) is 1.88. The zero-order chi connectivity index (χ0) is 22.3. The van der Waals surface area contributed by atoms with Gasteiger partial charge in [0.05, 0.1) is 22.8 Å². The number of carbonyl (C=O) groups is 1. The minimum Gasteiger partial charge on any atom is -0.482 e. The highest BCUT2D eigenvalue weighted by molar-refractivity contribution is 7.92. The number of sulfonamides is 1. The normalized spacial score (nSPS) is 13.7. The highest BCUT2D eigenvalue weighted by atomic mass is 35.5. The maximum absolute atomic E-state index is 13.1. The van der Waals surface area contributed by atoms with Crippen molar-refractivity contribution in [1.29, 1.82) is 0 Å². The first-order valence-electron chi connectivity index (χ1n) is 9.30. The zero-order valence-corrected chi connectivity index (χ0v) is 18.5. The largest absolute Gasteiger partial charge is 0.482 e. The van der Waals surface area contributed by atoms with Gasteiger partial charge < -0.3 is 9.26 Å². The highest BCUT2D eigenvalue weighted by Crippen LogP contribution is 2.37. The molecule has 0 radical (unpaired) electrons. The Morgan fingerprint density at radius 1 is 1.23 bits per heavy atom. The molecule has 1 amide bonds. The van der Waals surface area contributed by atoms with E-state index >= 15 is 0 Å². The Labute approximate surface area is 184 Å². The number of halogens is 1. The molecule has 3 aromatic rings. The quantitative estimate of drug-likeness (QED) is 0.618. The van der Waals surface area contributed by atoms with Crippen LogP contribution in [0.15, 0.2) is 39.8 Å². The smallest absolute Gasteiger partial charge is 0.265 e. The van der Waals surface area contributed by atoms with E-state index in [1.807, 2.05) is 0 Å². The Hall–Kier alpha value is -3.11. The molecular formula is C20H19ClN4O5S. The van der Waals surface area contributed by atoms with Crippen LogP contribution >= 0.6 is 11.6 Å². The molecule has 0 fully saturated rings. The van der Waals surface area contributed by atoms with Gasteiger partial charge in [0.2, 0.25) is 5.89 Å². The van der Waals surface area contributed by atoms with Crippen LogP contribution in [0, 0.1) is 20.8 Å². The van der Waals surface area contributed by atoms with Gasteiger partial charge in [-0.25, -0.2) is 8.42 Å². The summed E-state index contributed by atoms with van der Waals surface area (Å²) in [5, 5.41) is 4.28. The number of ether oxygens (including phenoxy) is 1. The molecule has 2 aromatic carbocycles. The average Bonchev–Trinajstić information content (AvgIpc) is 3.12. The lowest BCUT2D eigenvalue weighted by Crippen LogP contribution is -2.38. The summed E-state index contributed by atoms with van der Waals surface area (Å²) in [5.74, 6) is 0.702. The first-order valence-corrected chi connectivity index (χ1v) is 11.2. The van der Waals surface area contributed by atoms with E-state index in [-0.39, 0.29) is 29.7 Å². The first-order chi connectivity index (χ1) is 14.7. The van der Waals surface area contributed by atoms with Crippen molar-refractivity contribution in [3.05, 3.63) is 58.2 Å². The number of hydrogen-bond donors (Lipinski definition) is 1. The van der Waals surface area contributed by atoms with Gasteiger partial charge in [0, 0.05) is 18.0 Å². The topological polar surface area (TPSA) is 115 Å². The number of nitrogens with zero attached hydrogens (tertiary/aromatic N) is 3. The number of carbonyl (C=O) groups excluding carboxylic acids is 1. The van der Waals surface area contributed by atoms with E-state index in [1.54, 1.807) is 45.0 Å². The maximum atomic E-state index is 13.1. The zero-order valence-electron chi connectivity index (χ0n) is 17.0. The van der Waals surface area contributed by atoms with E-state index in [0.29, 0.717) is 39.2 Å². The van der Waals surface area contributed by atoms with Crippen LogP contribution in [0.5, 0.6) is 5.75 Å². The van der Waals surface area contributed by atoms with E-state index in [1.165, 1.54) is 11.0 Å². The fraction of sp³-hybridized carbons (Fsp3) is 0.250. The van der Waals surface area contributed by atoms with Gasteiger partial charge in [-0.05, 0) is 43.2 Å². The molecule has 1 N–H and O–H groups in total. The number of nitrogens with one attached hydrogen (secondary N) is 1. The van der Waals surface area contributed by atoms with Crippen molar-refractivity contribution in [2.24, 2.45) is 0 Å². The third-order valence-electron chi connectivity index (χ3n) is 4.87. The standard InChI is InChI=1S/C20H19ClN4O5S/c1-11-7-16-17(29-10-20(26)25(16)9-19-22-13(3)30-23-19)8-18(11)31(27,28)24-15-6-4-5-14(21)12(15)2/h4-8,24H,9-10H2,1-3H3. The molecule has 31 heavy (non-hydrogen) atoms. The van der Waals surface area contributed by atoms with Crippen molar-refractivity contribution in [3.63, 3.8) is 0 Å². The van der Waals surface area contributed by atoms with Crippen molar-refractivity contribution >= 4 is 38.9 Å². The van der Waals surface area contributed by atoms with Gasteiger partial charge in [0.25, 0.3) is 15.9 Å². The van der Waals surface area contributed by atoms with Gasteiger partial charge in [-0.3, -0.25) is 14.4 Å². The lowest BCUT2D eigenvalue weighted by molar-refractivity contribution is -0.121. The number of anilines is 2. The van der Waals surface area contributed by atoms with Crippen molar-refractivity contribution in [1.82, 2.24) is 10.1 Å². The fourth-order valence-corrected chi connectivity index (χ4v) is 4.80. The van der Waals surface area contributed by atoms with Gasteiger partial charge in [-0.1, -0.05) is 22.8 Å². The number of aromatic nitrogens is 2. The van der Waals surface area contributed by atoms with E-state index < -0.39 is 10.0 Å². The molecule has 162 valence electrons. The molecule has 0 bridgehead atoms. The van der Waals surface area contributed by atoms with Crippen LogP contribution < -0.4 is 14.4 Å². The summed E-state index contributed by atoms with van der Waals surface area (Å²) in [6.45, 7) is 4.88. The van der Waals surface area contributed by atoms with E-state index in [4.69, 9.17) is 20.9 Å². The Morgan fingerprint density at radius 2 is 2.00 bits per heavy atom. The lowest BCUT2D eigenvalue weighted by Gasteiger charge is -2.29. The molecule has 0 saturated heterocycles. The van der Waals surface area contributed by atoms with Gasteiger partial charge in [-0.15, -0.1) is 0 Å². The predicted octanol–water partition coefficient (Wildman–Crippen LogP) is 3.37. The second-order valence-electron chi connectivity index (χ2n) is 7.10. The highest BCUT2D eigenvalue weighted by Gasteiger charge is 2.30. The Morgan fingerprint density at radius 3 is 2.71 bits per heavy atom. The lowest BCUT2D eigenvalue weighted by atomic mass is 10.1. The summed E-state index contributed by atoms with van der Waals surface area (Å²) in [7, 11) is -3.94. The molecule has 2 heterocycles. The summed E-state index contributed by atoms with van der Waals surface area (Å²) in [6, 6.07) is 7.99. The van der Waals surface area contributed by atoms with E-state index in [9.17, 15) is 13.2 Å². The molecule has 0 spiro atoms. The van der Waals surface area contributed by atoms with Crippen LogP contribution in [0.2, 0.25) is 5.02 Å². The molecule has 1 aliphatic rings. The van der Waals surface area contributed by atoms with Gasteiger partial charge >= 0.3 is 0 Å². The molecular weight excluding hydrogens is 444 g/mol. The second kappa shape index (κ2) is 7.86. The number of rotatable bonds is 5. The Balaban J connectivity index is 1.70. The Bertz CT molecular complexity index is 1290. The summed E-state index contributed by atoms with van der Waals surface area (Å²) in [4.78, 5) is 18.1. The van der Waals surface area contributed by atoms with Crippen molar-refractivity contribution in [3.8, 4) is 5.75 Å². The number of fused-ring (bicyclic) bond motifs is 1. The molecule has 0 saturated carbocycles. The average molecular weight is 463 g/mol. The summed E-state index contributed by atoms with van der Waals surface area (Å²) in [6.07, 6.45) is 0. The first kappa shape index (κ1) is 21.1. The fourth-order valence-electron chi connectivity index (χ4n) is 3.26. The Kier molecular flexibility index (Phi) is 5.36. The summed E-state index contributed by atoms with van der Waals surface area (Å²) < 4.78 is 39.2. The minimum atomic E-state index is -3.94. The SMILES string of the molecule is Cc1nc(CN2C(=O)COc3cc(S(=O)(=O)Nc4cccc(Cl)c4C)c(C)cc32)no1.